The van der Waals surface area contributed by atoms with Crippen molar-refractivity contribution in [2.75, 3.05) is 6.26 Å². The molecule has 0 bridgehead atoms. The van der Waals surface area contributed by atoms with Crippen LogP contribution in [0.15, 0.2) is 46.1 Å². The van der Waals surface area contributed by atoms with E-state index >= 15 is 0 Å². The largest absolute Gasteiger partial charge is 0.477 e. The summed E-state index contributed by atoms with van der Waals surface area (Å²) in [5.74, 6) is -1.30. The molecule has 0 saturated heterocycles. The topological polar surface area (TPSA) is 59.3 Å². The van der Waals surface area contributed by atoms with E-state index in [9.17, 15) is 14.7 Å². The SMILES string of the molecule is CCn1c(C)c(-c2ccc(Cl)cc2SC)c(=O)c(C(=O)O)c1-c1ccc(Cl)c(Cl)c1. The van der Waals surface area contributed by atoms with Crippen LogP contribution in [0.2, 0.25) is 15.1 Å². The Labute approximate surface area is 193 Å². The van der Waals surface area contributed by atoms with Gasteiger partial charge in [-0.2, -0.15) is 0 Å². The quantitative estimate of drug-likeness (QED) is 0.402. The molecule has 4 nitrogen and oxygen atoms in total. The van der Waals surface area contributed by atoms with Gasteiger partial charge in [-0.25, -0.2) is 4.79 Å². The Morgan fingerprint density at radius 1 is 1.10 bits per heavy atom. The molecule has 0 spiro atoms. The molecule has 0 saturated carbocycles. The summed E-state index contributed by atoms with van der Waals surface area (Å²) in [7, 11) is 0. The van der Waals surface area contributed by atoms with Crippen LogP contribution in [0.5, 0.6) is 0 Å². The van der Waals surface area contributed by atoms with E-state index in [4.69, 9.17) is 34.8 Å². The van der Waals surface area contributed by atoms with E-state index in [0.29, 0.717) is 44.7 Å². The molecule has 0 aliphatic rings. The molecule has 3 rings (SSSR count). The number of carboxylic acids is 1. The first kappa shape index (κ1) is 22.8. The number of aromatic carboxylic acids is 1. The highest BCUT2D eigenvalue weighted by molar-refractivity contribution is 7.98. The summed E-state index contributed by atoms with van der Waals surface area (Å²) in [5, 5.41) is 11.2. The standard InChI is InChI=1S/C22H18Cl3NO3S/c1-4-26-11(2)18(14-7-6-13(23)10-17(14)30-3)21(27)19(22(28)29)20(26)12-5-8-15(24)16(25)9-12/h5-10H,4H2,1-3H3,(H,28,29). The van der Waals surface area contributed by atoms with Gasteiger partial charge in [0.05, 0.1) is 21.3 Å². The molecule has 156 valence electrons. The molecule has 0 unspecified atom stereocenters. The lowest BCUT2D eigenvalue weighted by atomic mass is 9.96. The van der Waals surface area contributed by atoms with Crippen LogP contribution in [-0.4, -0.2) is 21.9 Å². The minimum Gasteiger partial charge on any atom is -0.477 e. The van der Waals surface area contributed by atoms with Gasteiger partial charge < -0.3 is 9.67 Å². The summed E-state index contributed by atoms with van der Waals surface area (Å²) in [4.78, 5) is 26.5. The second-order valence-corrected chi connectivity index (χ2v) is 8.63. The van der Waals surface area contributed by atoms with Gasteiger partial charge in [-0.1, -0.05) is 46.9 Å². The maximum absolute atomic E-state index is 13.5. The zero-order valence-electron chi connectivity index (χ0n) is 16.4. The van der Waals surface area contributed by atoms with Crippen molar-refractivity contribution < 1.29 is 9.90 Å². The molecule has 0 radical (unpaired) electrons. The molecule has 8 heteroatoms. The Balaban J connectivity index is 2.48. The molecule has 1 heterocycles. The predicted octanol–water partition coefficient (Wildman–Crippen LogP) is 6.89. The van der Waals surface area contributed by atoms with E-state index in [2.05, 4.69) is 0 Å². The normalized spacial score (nSPS) is 11.0. The number of aromatic nitrogens is 1. The fourth-order valence-corrected chi connectivity index (χ4v) is 4.73. The third-order valence-electron chi connectivity index (χ3n) is 4.88. The van der Waals surface area contributed by atoms with Crippen LogP contribution in [0.4, 0.5) is 0 Å². The van der Waals surface area contributed by atoms with E-state index < -0.39 is 11.4 Å². The molecule has 0 atom stereocenters. The highest BCUT2D eigenvalue weighted by atomic mass is 35.5. The fourth-order valence-electron chi connectivity index (χ4n) is 3.56. The van der Waals surface area contributed by atoms with Crippen molar-refractivity contribution in [3.05, 3.63) is 72.9 Å². The highest BCUT2D eigenvalue weighted by Gasteiger charge is 2.26. The molecule has 3 aromatic rings. The number of hydrogen-bond acceptors (Lipinski definition) is 3. The molecule has 2 aromatic carbocycles. The monoisotopic (exact) mass is 481 g/mol. The lowest BCUT2D eigenvalue weighted by Crippen LogP contribution is -2.25. The van der Waals surface area contributed by atoms with Crippen LogP contribution in [0.3, 0.4) is 0 Å². The van der Waals surface area contributed by atoms with Gasteiger partial charge in [0, 0.05) is 33.3 Å². The molecule has 0 fully saturated rings. The van der Waals surface area contributed by atoms with Crippen molar-refractivity contribution in [2.45, 2.75) is 25.3 Å². The summed E-state index contributed by atoms with van der Waals surface area (Å²) in [5.41, 5.74) is 1.61. The number of hydrogen-bond donors (Lipinski definition) is 1. The summed E-state index contributed by atoms with van der Waals surface area (Å²) < 4.78 is 1.82. The predicted molar refractivity (Wildman–Crippen MR) is 126 cm³/mol. The highest BCUT2D eigenvalue weighted by Crippen LogP contribution is 2.36. The number of carboxylic acid groups (broad SMARTS) is 1. The van der Waals surface area contributed by atoms with Crippen LogP contribution in [0.1, 0.15) is 23.0 Å². The van der Waals surface area contributed by atoms with Crippen LogP contribution in [-0.2, 0) is 6.54 Å². The second-order valence-electron chi connectivity index (χ2n) is 6.54. The number of thioether (sulfide) groups is 1. The van der Waals surface area contributed by atoms with E-state index in [1.165, 1.54) is 11.8 Å². The lowest BCUT2D eigenvalue weighted by molar-refractivity contribution is 0.0695. The van der Waals surface area contributed by atoms with Gasteiger partial charge in [0.2, 0.25) is 5.43 Å². The minimum atomic E-state index is -1.30. The Morgan fingerprint density at radius 2 is 1.80 bits per heavy atom. The molecule has 30 heavy (non-hydrogen) atoms. The zero-order chi connectivity index (χ0) is 22.2. The maximum Gasteiger partial charge on any atom is 0.341 e. The smallest absolute Gasteiger partial charge is 0.341 e. The van der Waals surface area contributed by atoms with Crippen LogP contribution >= 0.6 is 46.6 Å². The number of pyridine rings is 1. The van der Waals surface area contributed by atoms with Crippen LogP contribution < -0.4 is 5.43 Å². The molecule has 1 N–H and O–H groups in total. The van der Waals surface area contributed by atoms with Crippen molar-refractivity contribution in [1.29, 1.82) is 0 Å². The van der Waals surface area contributed by atoms with Crippen molar-refractivity contribution >= 4 is 52.5 Å². The van der Waals surface area contributed by atoms with E-state index in [1.54, 1.807) is 36.4 Å². The van der Waals surface area contributed by atoms with Gasteiger partial charge in [0.15, 0.2) is 0 Å². The summed E-state index contributed by atoms with van der Waals surface area (Å²) >= 11 is 19.8. The van der Waals surface area contributed by atoms with Crippen LogP contribution in [0, 0.1) is 6.92 Å². The van der Waals surface area contributed by atoms with Crippen LogP contribution in [0.25, 0.3) is 22.4 Å². The average molecular weight is 483 g/mol. The average Bonchev–Trinajstić information content (AvgIpc) is 2.70. The third kappa shape index (κ3) is 4.00. The first-order valence-electron chi connectivity index (χ1n) is 9.01. The summed E-state index contributed by atoms with van der Waals surface area (Å²) in [6, 6.07) is 10.0. The number of nitrogens with zero attached hydrogens (tertiary/aromatic N) is 1. The minimum absolute atomic E-state index is 0.282. The number of halogens is 3. The second kappa shape index (κ2) is 9.06. The Kier molecular flexibility index (Phi) is 6.88. The van der Waals surface area contributed by atoms with Gasteiger partial charge in [-0.3, -0.25) is 4.79 Å². The molecule has 0 aliphatic heterocycles. The molecular weight excluding hydrogens is 465 g/mol. The Bertz CT molecular complexity index is 1220. The first-order valence-corrected chi connectivity index (χ1v) is 11.4. The Hall–Kier alpha value is -1.92. The molecular formula is C22H18Cl3NO3S. The van der Waals surface area contributed by atoms with Crippen molar-refractivity contribution in [3.63, 3.8) is 0 Å². The van der Waals surface area contributed by atoms with Crippen molar-refractivity contribution in [2.24, 2.45) is 0 Å². The zero-order valence-corrected chi connectivity index (χ0v) is 19.5. The fraction of sp³-hybridized carbons (Fsp3) is 0.182. The number of benzene rings is 2. The number of carbonyl (C=O) groups is 1. The van der Waals surface area contributed by atoms with E-state index in [-0.39, 0.29) is 10.6 Å². The van der Waals surface area contributed by atoms with Crippen molar-refractivity contribution in [3.8, 4) is 22.4 Å². The first-order chi connectivity index (χ1) is 14.2. The summed E-state index contributed by atoms with van der Waals surface area (Å²) in [6.07, 6.45) is 1.88. The van der Waals surface area contributed by atoms with Gasteiger partial charge in [0.1, 0.15) is 5.56 Å². The van der Waals surface area contributed by atoms with Crippen molar-refractivity contribution in [1.82, 2.24) is 4.57 Å². The molecule has 0 aliphatic carbocycles. The molecule has 0 amide bonds. The van der Waals surface area contributed by atoms with Gasteiger partial charge in [-0.15, -0.1) is 11.8 Å². The molecule has 1 aromatic heterocycles. The third-order valence-corrected chi connectivity index (χ3v) is 6.64. The summed E-state index contributed by atoms with van der Waals surface area (Å²) in [6.45, 7) is 4.16. The van der Waals surface area contributed by atoms with Gasteiger partial charge in [0.25, 0.3) is 0 Å². The lowest BCUT2D eigenvalue weighted by Gasteiger charge is -2.22. The maximum atomic E-state index is 13.5. The Morgan fingerprint density at radius 3 is 2.37 bits per heavy atom. The van der Waals surface area contributed by atoms with Gasteiger partial charge >= 0.3 is 5.97 Å². The van der Waals surface area contributed by atoms with Gasteiger partial charge in [-0.05, 0) is 44.4 Å². The van der Waals surface area contributed by atoms with E-state index in [1.807, 2.05) is 24.7 Å². The number of rotatable bonds is 5. The van der Waals surface area contributed by atoms with E-state index in [0.717, 1.165) is 4.90 Å².